The molecule has 0 saturated heterocycles. The second kappa shape index (κ2) is 5.03. The molecule has 3 N–H and O–H groups in total. The summed E-state index contributed by atoms with van der Waals surface area (Å²) in [7, 11) is -3.91. The predicted molar refractivity (Wildman–Crippen MR) is 68.4 cm³/mol. The van der Waals surface area contributed by atoms with Crippen molar-refractivity contribution in [3.63, 3.8) is 0 Å². The third kappa shape index (κ3) is 2.76. The fraction of sp³-hybridized carbons (Fsp3) is 0.455. The summed E-state index contributed by atoms with van der Waals surface area (Å²) < 4.78 is 40.3. The van der Waals surface area contributed by atoms with Crippen molar-refractivity contribution in [1.29, 1.82) is 0 Å². The second-order valence-electron chi connectivity index (χ2n) is 4.42. The average Bonchev–Trinajstić information content (AvgIpc) is 2.75. The lowest BCUT2D eigenvalue weighted by molar-refractivity contribution is 0.537. The van der Waals surface area contributed by atoms with Crippen molar-refractivity contribution in [2.75, 3.05) is 5.73 Å². The molecule has 0 bridgehead atoms. The van der Waals surface area contributed by atoms with Crippen LogP contribution in [0.4, 0.5) is 10.1 Å². The molecule has 100 valence electrons. The van der Waals surface area contributed by atoms with Gasteiger partial charge >= 0.3 is 0 Å². The van der Waals surface area contributed by atoms with Crippen LogP contribution in [0.15, 0.2) is 17.0 Å². The van der Waals surface area contributed by atoms with Gasteiger partial charge < -0.3 is 5.73 Å². The second-order valence-corrected chi connectivity index (χ2v) is 6.51. The van der Waals surface area contributed by atoms with Crippen molar-refractivity contribution < 1.29 is 12.8 Å². The Balaban J connectivity index is 2.34. The number of nitrogens with two attached hydrogens (primary N) is 1. The molecule has 1 aliphatic rings. The first-order chi connectivity index (χ1) is 8.40. The third-order valence-electron chi connectivity index (χ3n) is 2.98. The molecule has 0 atom stereocenters. The molecule has 1 fully saturated rings. The molecule has 2 rings (SSSR count). The molecule has 7 heteroatoms. The highest BCUT2D eigenvalue weighted by Gasteiger charge is 2.26. The highest BCUT2D eigenvalue weighted by atomic mass is 35.5. The van der Waals surface area contributed by atoms with Crippen molar-refractivity contribution in [2.45, 2.75) is 36.6 Å². The Bertz CT molecular complexity index is 556. The van der Waals surface area contributed by atoms with Gasteiger partial charge in [-0.15, -0.1) is 0 Å². The molecule has 1 aromatic carbocycles. The Labute approximate surface area is 110 Å². The Kier molecular flexibility index (Phi) is 3.79. The maximum atomic E-state index is 13.7. The maximum absolute atomic E-state index is 13.7. The number of rotatable bonds is 3. The normalized spacial score (nSPS) is 17.2. The van der Waals surface area contributed by atoms with Gasteiger partial charge in [0.05, 0.1) is 5.02 Å². The molecule has 0 aromatic heterocycles. The molecule has 0 aliphatic heterocycles. The van der Waals surface area contributed by atoms with Crippen LogP contribution in [0.5, 0.6) is 0 Å². The van der Waals surface area contributed by atoms with Crippen LogP contribution in [-0.4, -0.2) is 14.5 Å². The molecule has 0 radical (unpaired) electrons. The Morgan fingerprint density at radius 2 is 1.94 bits per heavy atom. The number of nitrogen functional groups attached to an aromatic ring is 1. The van der Waals surface area contributed by atoms with Gasteiger partial charge in [0.25, 0.3) is 0 Å². The molecule has 1 aliphatic carbocycles. The van der Waals surface area contributed by atoms with Crippen LogP contribution in [0.1, 0.15) is 25.7 Å². The number of hydrogen-bond donors (Lipinski definition) is 2. The van der Waals surface area contributed by atoms with E-state index in [0.29, 0.717) is 0 Å². The molecule has 0 unspecified atom stereocenters. The summed E-state index contributed by atoms with van der Waals surface area (Å²) in [6, 6.07) is 2.14. The SMILES string of the molecule is Nc1cc(Cl)c(F)c(S(=O)(=O)NC2CCCC2)c1. The van der Waals surface area contributed by atoms with E-state index in [0.717, 1.165) is 31.7 Å². The highest BCUT2D eigenvalue weighted by molar-refractivity contribution is 7.89. The van der Waals surface area contributed by atoms with Crippen LogP contribution < -0.4 is 10.5 Å². The number of benzene rings is 1. The van der Waals surface area contributed by atoms with E-state index in [9.17, 15) is 12.8 Å². The first kappa shape index (κ1) is 13.6. The average molecular weight is 293 g/mol. The van der Waals surface area contributed by atoms with Crippen LogP contribution in [0.2, 0.25) is 5.02 Å². The van der Waals surface area contributed by atoms with Gasteiger partial charge in [0, 0.05) is 11.7 Å². The number of halogens is 2. The van der Waals surface area contributed by atoms with E-state index in [4.69, 9.17) is 17.3 Å². The van der Waals surface area contributed by atoms with Crippen molar-refractivity contribution in [3.05, 3.63) is 23.0 Å². The smallest absolute Gasteiger partial charge is 0.243 e. The Morgan fingerprint density at radius 3 is 2.56 bits per heavy atom. The molecule has 1 saturated carbocycles. The molecule has 4 nitrogen and oxygen atoms in total. The van der Waals surface area contributed by atoms with E-state index in [2.05, 4.69) is 4.72 Å². The minimum Gasteiger partial charge on any atom is -0.399 e. The lowest BCUT2D eigenvalue weighted by Gasteiger charge is -2.13. The zero-order valence-corrected chi connectivity index (χ0v) is 11.2. The molecule has 0 amide bonds. The van der Waals surface area contributed by atoms with E-state index in [1.165, 1.54) is 6.07 Å². The number of sulfonamides is 1. The largest absolute Gasteiger partial charge is 0.399 e. The van der Waals surface area contributed by atoms with E-state index in [1.54, 1.807) is 0 Å². The van der Waals surface area contributed by atoms with E-state index >= 15 is 0 Å². The molecule has 1 aromatic rings. The topological polar surface area (TPSA) is 72.2 Å². The summed E-state index contributed by atoms with van der Waals surface area (Å²) in [6.45, 7) is 0. The van der Waals surface area contributed by atoms with Gasteiger partial charge in [-0.25, -0.2) is 17.5 Å². The molecule has 0 spiro atoms. The fourth-order valence-electron chi connectivity index (χ4n) is 2.11. The first-order valence-corrected chi connectivity index (χ1v) is 7.53. The number of hydrogen-bond acceptors (Lipinski definition) is 3. The standard InChI is InChI=1S/C11H14ClFN2O2S/c12-9-5-7(14)6-10(11(9)13)18(16,17)15-8-3-1-2-4-8/h5-6,8,15H,1-4,14H2. The number of nitrogens with one attached hydrogen (secondary N) is 1. The minimum atomic E-state index is -3.91. The summed E-state index contributed by atoms with van der Waals surface area (Å²) in [4.78, 5) is -0.487. The summed E-state index contributed by atoms with van der Waals surface area (Å²) in [5, 5.41) is -0.290. The van der Waals surface area contributed by atoms with Gasteiger partial charge in [0.2, 0.25) is 10.0 Å². The molecule has 0 heterocycles. The molecular formula is C11H14ClFN2O2S. The third-order valence-corrected chi connectivity index (χ3v) is 4.78. The van der Waals surface area contributed by atoms with E-state index in [1.807, 2.05) is 0 Å². The van der Waals surface area contributed by atoms with Crippen LogP contribution in [0, 0.1) is 5.82 Å². The summed E-state index contributed by atoms with van der Waals surface area (Å²) in [5.74, 6) is -0.962. The van der Waals surface area contributed by atoms with Crippen molar-refractivity contribution in [1.82, 2.24) is 4.72 Å². The summed E-state index contributed by atoms with van der Waals surface area (Å²) >= 11 is 5.59. The van der Waals surface area contributed by atoms with Gasteiger partial charge in [-0.1, -0.05) is 24.4 Å². The summed E-state index contributed by atoms with van der Waals surface area (Å²) in [6.07, 6.45) is 3.51. The van der Waals surface area contributed by atoms with Gasteiger partial charge in [0.1, 0.15) is 4.90 Å². The zero-order valence-electron chi connectivity index (χ0n) is 9.62. The predicted octanol–water partition coefficient (Wildman–Crippen LogP) is 2.28. The Morgan fingerprint density at radius 1 is 1.33 bits per heavy atom. The van der Waals surface area contributed by atoms with Crippen molar-refractivity contribution in [3.8, 4) is 0 Å². The Hall–Kier alpha value is -0.850. The van der Waals surface area contributed by atoms with Gasteiger partial charge in [-0.2, -0.15) is 0 Å². The lowest BCUT2D eigenvalue weighted by atomic mass is 10.3. The monoisotopic (exact) mass is 292 g/mol. The lowest BCUT2D eigenvalue weighted by Crippen LogP contribution is -2.33. The molecule has 18 heavy (non-hydrogen) atoms. The summed E-state index contributed by atoms with van der Waals surface area (Å²) in [5.41, 5.74) is 5.61. The van der Waals surface area contributed by atoms with Crippen molar-refractivity contribution >= 4 is 27.3 Å². The first-order valence-electron chi connectivity index (χ1n) is 5.67. The highest BCUT2D eigenvalue weighted by Crippen LogP contribution is 2.27. The minimum absolute atomic E-state index is 0.119. The van der Waals surface area contributed by atoms with E-state index in [-0.39, 0.29) is 16.8 Å². The van der Waals surface area contributed by atoms with Crippen molar-refractivity contribution in [2.24, 2.45) is 0 Å². The van der Waals surface area contributed by atoms with Crippen LogP contribution in [0.3, 0.4) is 0 Å². The fourth-order valence-corrected chi connectivity index (χ4v) is 3.83. The van der Waals surface area contributed by atoms with E-state index < -0.39 is 20.7 Å². The van der Waals surface area contributed by atoms with Gasteiger partial charge in [0.15, 0.2) is 5.82 Å². The number of anilines is 1. The zero-order chi connectivity index (χ0) is 13.3. The maximum Gasteiger partial charge on any atom is 0.243 e. The van der Waals surface area contributed by atoms with Gasteiger partial charge in [-0.3, -0.25) is 0 Å². The van der Waals surface area contributed by atoms with Crippen LogP contribution >= 0.6 is 11.6 Å². The quantitative estimate of drug-likeness (QED) is 0.840. The molecular weight excluding hydrogens is 279 g/mol. The van der Waals surface area contributed by atoms with Crippen LogP contribution in [-0.2, 0) is 10.0 Å². The van der Waals surface area contributed by atoms with Crippen LogP contribution in [0.25, 0.3) is 0 Å². The van der Waals surface area contributed by atoms with Gasteiger partial charge in [-0.05, 0) is 25.0 Å².